The molecule has 1 rings (SSSR count). The Hall–Kier alpha value is -0.840. The number of halogens is 1. The van der Waals surface area contributed by atoms with Gasteiger partial charge in [0.1, 0.15) is 17.1 Å². The first-order valence-corrected chi connectivity index (χ1v) is 7.87. The van der Waals surface area contributed by atoms with Gasteiger partial charge < -0.3 is 29.6 Å². The fourth-order valence-electron chi connectivity index (χ4n) is 1.86. The van der Waals surface area contributed by atoms with E-state index in [1.54, 1.807) is 20.1 Å². The summed E-state index contributed by atoms with van der Waals surface area (Å²) in [6.07, 6.45) is 0. The smallest absolute Gasteiger partial charge is 0.191 e. The largest absolute Gasteiger partial charge is 0.463 e. The van der Waals surface area contributed by atoms with Crippen LogP contribution in [0.3, 0.4) is 0 Å². The van der Waals surface area contributed by atoms with E-state index in [0.717, 1.165) is 12.3 Å². The molecule has 24 heavy (non-hydrogen) atoms. The molecule has 0 amide bonds. The number of aryl methyl sites for hydroxylation is 1. The number of guanidine groups is 1. The Labute approximate surface area is 161 Å². The molecule has 0 aliphatic heterocycles. The topological polar surface area (TPSA) is 88.3 Å². The van der Waals surface area contributed by atoms with E-state index in [1.807, 2.05) is 19.9 Å². The zero-order valence-electron chi connectivity index (χ0n) is 14.9. The minimum absolute atomic E-state index is 0. The molecule has 8 heteroatoms. The fraction of sp³-hybridized carbons (Fsp3) is 0.688. The van der Waals surface area contributed by atoms with Crippen molar-refractivity contribution in [3.8, 4) is 0 Å². The third kappa shape index (κ3) is 8.86. The number of hydrogen-bond donors (Lipinski definition) is 3. The van der Waals surface area contributed by atoms with E-state index in [1.165, 1.54) is 0 Å². The van der Waals surface area contributed by atoms with Crippen LogP contribution >= 0.6 is 24.0 Å². The Morgan fingerprint density at radius 3 is 2.62 bits per heavy atom. The Morgan fingerprint density at radius 1 is 1.29 bits per heavy atom. The third-order valence-electron chi connectivity index (χ3n) is 3.13. The molecule has 0 aliphatic carbocycles. The first kappa shape index (κ1) is 23.2. The molecule has 0 bridgehead atoms. The first-order chi connectivity index (χ1) is 11.0. The summed E-state index contributed by atoms with van der Waals surface area (Å²) in [4.78, 5) is 4.41. The van der Waals surface area contributed by atoms with Crippen molar-refractivity contribution in [3.05, 3.63) is 23.7 Å². The maximum absolute atomic E-state index is 10.5. The van der Waals surface area contributed by atoms with E-state index in [0.29, 0.717) is 38.1 Å². The van der Waals surface area contributed by atoms with E-state index >= 15 is 0 Å². The van der Waals surface area contributed by atoms with Crippen LogP contribution in [0.2, 0.25) is 0 Å². The first-order valence-electron chi connectivity index (χ1n) is 7.87. The van der Waals surface area contributed by atoms with Gasteiger partial charge in [0.05, 0.1) is 26.4 Å². The number of furan rings is 1. The van der Waals surface area contributed by atoms with E-state index in [9.17, 15) is 5.11 Å². The van der Waals surface area contributed by atoms with Crippen molar-refractivity contribution in [2.75, 3.05) is 46.6 Å². The van der Waals surface area contributed by atoms with E-state index in [-0.39, 0.29) is 30.5 Å². The monoisotopic (exact) mass is 455 g/mol. The van der Waals surface area contributed by atoms with Crippen molar-refractivity contribution in [2.24, 2.45) is 4.99 Å². The molecule has 1 heterocycles. The molecule has 0 spiro atoms. The summed E-state index contributed by atoms with van der Waals surface area (Å²) in [5.41, 5.74) is -1.15. The predicted octanol–water partition coefficient (Wildman–Crippen LogP) is 1.63. The summed E-state index contributed by atoms with van der Waals surface area (Å²) < 4.78 is 15.8. The van der Waals surface area contributed by atoms with Crippen LogP contribution in [0.5, 0.6) is 0 Å². The van der Waals surface area contributed by atoms with Gasteiger partial charge in [0.25, 0.3) is 0 Å². The molecule has 1 unspecified atom stereocenters. The maximum atomic E-state index is 10.5. The standard InChI is InChI=1S/C16H29N3O4.HI/c1-5-17-15(18-8-9-22-11-10-21-4)19-12-16(3,20)14-7-6-13(2)23-14;/h6-7,20H,5,8-12H2,1-4H3,(H2,17,18,19);1H. The number of rotatable bonds is 10. The highest BCUT2D eigenvalue weighted by molar-refractivity contribution is 14.0. The second-order valence-electron chi connectivity index (χ2n) is 5.41. The summed E-state index contributed by atoms with van der Waals surface area (Å²) in [5, 5.41) is 16.8. The summed E-state index contributed by atoms with van der Waals surface area (Å²) >= 11 is 0. The van der Waals surface area contributed by atoms with Gasteiger partial charge in [0.2, 0.25) is 0 Å². The van der Waals surface area contributed by atoms with Crippen LogP contribution in [0.25, 0.3) is 0 Å². The van der Waals surface area contributed by atoms with Crippen LogP contribution in [0.15, 0.2) is 21.5 Å². The Morgan fingerprint density at radius 2 is 2.04 bits per heavy atom. The highest BCUT2D eigenvalue weighted by Crippen LogP contribution is 2.22. The second-order valence-corrected chi connectivity index (χ2v) is 5.41. The Kier molecular flexibility index (Phi) is 12.1. The lowest BCUT2D eigenvalue weighted by molar-refractivity contribution is 0.0428. The second kappa shape index (κ2) is 12.5. The van der Waals surface area contributed by atoms with Gasteiger partial charge in [0, 0.05) is 20.2 Å². The van der Waals surface area contributed by atoms with Gasteiger partial charge in [-0.25, -0.2) is 4.99 Å². The fourth-order valence-corrected chi connectivity index (χ4v) is 1.86. The molecule has 0 saturated carbocycles. The average Bonchev–Trinajstić information content (AvgIpc) is 2.95. The third-order valence-corrected chi connectivity index (χ3v) is 3.13. The summed E-state index contributed by atoms with van der Waals surface area (Å²) in [6.45, 7) is 8.78. The highest BCUT2D eigenvalue weighted by Gasteiger charge is 2.26. The van der Waals surface area contributed by atoms with Crippen LogP contribution in [-0.2, 0) is 15.1 Å². The number of aliphatic imine (C=N–C) groups is 1. The minimum Gasteiger partial charge on any atom is -0.463 e. The Bertz CT molecular complexity index is 478. The lowest BCUT2D eigenvalue weighted by Gasteiger charge is -2.19. The van der Waals surface area contributed by atoms with Crippen molar-refractivity contribution < 1.29 is 19.0 Å². The highest BCUT2D eigenvalue weighted by atomic mass is 127. The molecule has 1 aromatic rings. The molecule has 3 N–H and O–H groups in total. The predicted molar refractivity (Wildman–Crippen MR) is 105 cm³/mol. The molecule has 1 atom stereocenters. The van der Waals surface area contributed by atoms with E-state index < -0.39 is 5.60 Å². The van der Waals surface area contributed by atoms with Gasteiger partial charge in [-0.1, -0.05) is 0 Å². The number of ether oxygens (including phenoxy) is 2. The van der Waals surface area contributed by atoms with Crippen molar-refractivity contribution in [1.82, 2.24) is 10.6 Å². The van der Waals surface area contributed by atoms with Crippen LogP contribution in [-0.4, -0.2) is 57.6 Å². The van der Waals surface area contributed by atoms with Crippen LogP contribution in [0.1, 0.15) is 25.4 Å². The quantitative estimate of drug-likeness (QED) is 0.215. The number of methoxy groups -OCH3 is 1. The zero-order valence-corrected chi connectivity index (χ0v) is 17.3. The number of nitrogens with zero attached hydrogens (tertiary/aromatic N) is 1. The molecule has 0 fully saturated rings. The molecule has 0 aliphatic rings. The van der Waals surface area contributed by atoms with Crippen molar-refractivity contribution >= 4 is 29.9 Å². The summed E-state index contributed by atoms with van der Waals surface area (Å²) in [5.74, 6) is 1.91. The van der Waals surface area contributed by atoms with Gasteiger partial charge in [0.15, 0.2) is 5.96 Å². The molecule has 0 saturated heterocycles. The van der Waals surface area contributed by atoms with Crippen molar-refractivity contribution in [3.63, 3.8) is 0 Å². The minimum atomic E-state index is -1.15. The van der Waals surface area contributed by atoms with E-state index in [2.05, 4.69) is 15.6 Å². The van der Waals surface area contributed by atoms with Gasteiger partial charge >= 0.3 is 0 Å². The van der Waals surface area contributed by atoms with Gasteiger partial charge in [-0.3, -0.25) is 0 Å². The Balaban J connectivity index is 0.00000529. The number of aliphatic hydroxyl groups is 1. The lowest BCUT2D eigenvalue weighted by Crippen LogP contribution is -2.40. The molecule has 7 nitrogen and oxygen atoms in total. The van der Waals surface area contributed by atoms with Gasteiger partial charge in [-0.05, 0) is 32.9 Å². The van der Waals surface area contributed by atoms with Crippen LogP contribution in [0, 0.1) is 6.92 Å². The molecule has 0 radical (unpaired) electrons. The van der Waals surface area contributed by atoms with Crippen LogP contribution < -0.4 is 10.6 Å². The number of hydrogen-bond acceptors (Lipinski definition) is 5. The molecular weight excluding hydrogens is 425 g/mol. The summed E-state index contributed by atoms with van der Waals surface area (Å²) in [6, 6.07) is 3.60. The normalized spacial score (nSPS) is 14.0. The average molecular weight is 455 g/mol. The van der Waals surface area contributed by atoms with Crippen molar-refractivity contribution in [2.45, 2.75) is 26.4 Å². The maximum Gasteiger partial charge on any atom is 0.191 e. The molecule has 140 valence electrons. The van der Waals surface area contributed by atoms with E-state index in [4.69, 9.17) is 13.9 Å². The lowest BCUT2D eigenvalue weighted by atomic mass is 10.0. The van der Waals surface area contributed by atoms with Crippen LogP contribution in [0.4, 0.5) is 0 Å². The SMILES string of the molecule is CCNC(=NCC(C)(O)c1ccc(C)o1)NCCOCCOC.I. The number of nitrogens with one attached hydrogen (secondary N) is 2. The van der Waals surface area contributed by atoms with Crippen molar-refractivity contribution in [1.29, 1.82) is 0 Å². The summed E-state index contributed by atoms with van der Waals surface area (Å²) in [7, 11) is 1.64. The molecular formula is C16H30IN3O4. The molecule has 1 aromatic heterocycles. The molecule has 0 aromatic carbocycles. The van der Waals surface area contributed by atoms with Gasteiger partial charge in [-0.15, -0.1) is 24.0 Å². The van der Waals surface area contributed by atoms with Gasteiger partial charge in [-0.2, -0.15) is 0 Å². The zero-order chi connectivity index (χ0) is 17.1.